The van der Waals surface area contributed by atoms with Crippen LogP contribution in [0.1, 0.15) is 24.1 Å². The summed E-state index contributed by atoms with van der Waals surface area (Å²) in [5, 5.41) is 0. The van der Waals surface area contributed by atoms with E-state index in [1.165, 1.54) is 12.1 Å². The van der Waals surface area contributed by atoms with E-state index in [4.69, 9.17) is 11.5 Å². The van der Waals surface area contributed by atoms with Crippen LogP contribution < -0.4 is 11.5 Å². The highest BCUT2D eigenvalue weighted by atomic mass is 19.1. The van der Waals surface area contributed by atoms with E-state index in [2.05, 4.69) is 0 Å². The van der Waals surface area contributed by atoms with Crippen LogP contribution in [0.2, 0.25) is 0 Å². The van der Waals surface area contributed by atoms with Crippen molar-refractivity contribution in [2.45, 2.75) is 19.9 Å². The van der Waals surface area contributed by atoms with E-state index in [0.29, 0.717) is 11.3 Å². The Balaban J connectivity index is 3.28. The van der Waals surface area contributed by atoms with Crippen LogP contribution in [0.15, 0.2) is 12.1 Å². The molecule has 0 amide bonds. The van der Waals surface area contributed by atoms with Gasteiger partial charge in [-0.25, -0.2) is 4.39 Å². The molecule has 0 bridgehead atoms. The third-order valence-electron chi connectivity index (χ3n) is 1.87. The predicted octanol–water partition coefficient (Wildman–Crippen LogP) is 1.74. The van der Waals surface area contributed by atoms with Crippen molar-refractivity contribution in [2.75, 3.05) is 5.73 Å². The van der Waals surface area contributed by atoms with Crippen LogP contribution >= 0.6 is 0 Å². The molecule has 0 aliphatic rings. The lowest BCUT2D eigenvalue weighted by molar-refractivity contribution is 0.621. The predicted molar refractivity (Wildman–Crippen MR) is 48.2 cm³/mol. The fourth-order valence-corrected chi connectivity index (χ4v) is 1.16. The summed E-state index contributed by atoms with van der Waals surface area (Å²) in [5.74, 6) is -0.283. The number of rotatable bonds is 1. The quantitative estimate of drug-likeness (QED) is 0.627. The van der Waals surface area contributed by atoms with Crippen molar-refractivity contribution >= 4 is 5.69 Å². The summed E-state index contributed by atoms with van der Waals surface area (Å²) in [6.45, 7) is 3.55. The molecule has 12 heavy (non-hydrogen) atoms. The summed E-state index contributed by atoms with van der Waals surface area (Å²) in [5.41, 5.74) is 13.3. The Morgan fingerprint density at radius 3 is 2.50 bits per heavy atom. The van der Waals surface area contributed by atoms with Crippen molar-refractivity contribution in [1.29, 1.82) is 0 Å². The zero-order valence-corrected chi connectivity index (χ0v) is 7.26. The number of nitrogen functional groups attached to an aromatic ring is 1. The molecule has 1 unspecified atom stereocenters. The molecular formula is C9H13FN2. The Hall–Kier alpha value is -1.09. The number of halogens is 1. The van der Waals surface area contributed by atoms with Gasteiger partial charge in [0.1, 0.15) is 5.82 Å². The first kappa shape index (κ1) is 9.00. The van der Waals surface area contributed by atoms with Gasteiger partial charge in [-0.15, -0.1) is 0 Å². The minimum absolute atomic E-state index is 0.223. The molecule has 1 atom stereocenters. The van der Waals surface area contributed by atoms with Gasteiger partial charge in [-0.2, -0.15) is 0 Å². The van der Waals surface area contributed by atoms with Gasteiger partial charge in [0.2, 0.25) is 0 Å². The van der Waals surface area contributed by atoms with E-state index in [9.17, 15) is 4.39 Å². The third-order valence-corrected chi connectivity index (χ3v) is 1.87. The zero-order chi connectivity index (χ0) is 9.30. The van der Waals surface area contributed by atoms with Crippen molar-refractivity contribution in [2.24, 2.45) is 5.73 Å². The second-order valence-corrected chi connectivity index (χ2v) is 3.01. The molecule has 0 saturated carbocycles. The number of hydrogen-bond acceptors (Lipinski definition) is 2. The summed E-state index contributed by atoms with van der Waals surface area (Å²) in [6.07, 6.45) is 0. The van der Waals surface area contributed by atoms with Crippen molar-refractivity contribution < 1.29 is 4.39 Å². The Bertz CT molecular complexity index is 295. The van der Waals surface area contributed by atoms with Gasteiger partial charge in [0.05, 0.1) is 0 Å². The lowest BCUT2D eigenvalue weighted by Gasteiger charge is -2.11. The Labute approximate surface area is 71.4 Å². The molecule has 0 radical (unpaired) electrons. The number of nitrogens with two attached hydrogens (primary N) is 2. The minimum atomic E-state index is -0.283. The van der Waals surface area contributed by atoms with Gasteiger partial charge in [0.25, 0.3) is 0 Å². The average Bonchev–Trinajstić information content (AvgIpc) is 1.96. The highest BCUT2D eigenvalue weighted by molar-refractivity contribution is 5.54. The van der Waals surface area contributed by atoms with Crippen molar-refractivity contribution in [3.8, 4) is 0 Å². The summed E-state index contributed by atoms with van der Waals surface area (Å²) in [4.78, 5) is 0. The third kappa shape index (κ3) is 1.56. The van der Waals surface area contributed by atoms with Crippen LogP contribution in [0, 0.1) is 12.7 Å². The first-order chi connectivity index (χ1) is 5.52. The van der Waals surface area contributed by atoms with Gasteiger partial charge >= 0.3 is 0 Å². The van der Waals surface area contributed by atoms with E-state index in [-0.39, 0.29) is 11.9 Å². The first-order valence-electron chi connectivity index (χ1n) is 3.83. The fraction of sp³-hybridized carbons (Fsp3) is 0.333. The number of hydrogen-bond donors (Lipinski definition) is 2. The Morgan fingerprint density at radius 2 is 2.00 bits per heavy atom. The molecule has 0 heterocycles. The van der Waals surface area contributed by atoms with Crippen LogP contribution in [0.5, 0.6) is 0 Å². The van der Waals surface area contributed by atoms with Crippen LogP contribution in [-0.2, 0) is 0 Å². The summed E-state index contributed by atoms with van der Waals surface area (Å²) in [7, 11) is 0. The zero-order valence-electron chi connectivity index (χ0n) is 7.26. The van der Waals surface area contributed by atoms with Gasteiger partial charge < -0.3 is 11.5 Å². The summed E-state index contributed by atoms with van der Waals surface area (Å²) in [6, 6.07) is 2.56. The Morgan fingerprint density at radius 1 is 1.42 bits per heavy atom. The lowest BCUT2D eigenvalue weighted by atomic mass is 10.0. The van der Waals surface area contributed by atoms with Gasteiger partial charge in [-0.05, 0) is 37.1 Å². The molecule has 1 rings (SSSR count). The van der Waals surface area contributed by atoms with Gasteiger partial charge in [-0.3, -0.25) is 0 Å². The fourth-order valence-electron chi connectivity index (χ4n) is 1.16. The minimum Gasteiger partial charge on any atom is -0.398 e. The SMILES string of the molecule is Cc1cc(F)cc(C(C)N)c1N. The molecule has 1 aromatic rings. The maximum atomic E-state index is 12.9. The molecule has 2 nitrogen and oxygen atoms in total. The van der Waals surface area contributed by atoms with Crippen LogP contribution in [0.3, 0.4) is 0 Å². The topological polar surface area (TPSA) is 52.0 Å². The number of benzene rings is 1. The molecule has 66 valence electrons. The standard InChI is InChI=1S/C9H13FN2/c1-5-3-7(10)4-8(6(2)11)9(5)12/h3-4,6H,11-12H2,1-2H3. The highest BCUT2D eigenvalue weighted by Crippen LogP contribution is 2.23. The highest BCUT2D eigenvalue weighted by Gasteiger charge is 2.08. The smallest absolute Gasteiger partial charge is 0.123 e. The molecule has 0 spiro atoms. The van der Waals surface area contributed by atoms with E-state index in [1.54, 1.807) is 13.8 Å². The molecule has 0 aliphatic carbocycles. The van der Waals surface area contributed by atoms with E-state index in [0.717, 1.165) is 5.56 Å². The van der Waals surface area contributed by atoms with E-state index in [1.807, 2.05) is 0 Å². The van der Waals surface area contributed by atoms with Crippen LogP contribution in [0.4, 0.5) is 10.1 Å². The number of aryl methyl sites for hydroxylation is 1. The molecule has 1 aromatic carbocycles. The monoisotopic (exact) mass is 168 g/mol. The van der Waals surface area contributed by atoms with Gasteiger partial charge in [0.15, 0.2) is 0 Å². The molecule has 0 aliphatic heterocycles. The maximum Gasteiger partial charge on any atom is 0.123 e. The van der Waals surface area contributed by atoms with Gasteiger partial charge in [-0.1, -0.05) is 0 Å². The van der Waals surface area contributed by atoms with Crippen molar-refractivity contribution in [3.63, 3.8) is 0 Å². The maximum absolute atomic E-state index is 12.9. The lowest BCUT2D eigenvalue weighted by Crippen LogP contribution is -2.09. The van der Waals surface area contributed by atoms with Crippen LogP contribution in [-0.4, -0.2) is 0 Å². The molecule has 0 aromatic heterocycles. The molecule has 0 fully saturated rings. The molecule has 4 N–H and O–H groups in total. The Kier molecular flexibility index (Phi) is 2.33. The average molecular weight is 168 g/mol. The molecular weight excluding hydrogens is 155 g/mol. The second-order valence-electron chi connectivity index (χ2n) is 3.01. The van der Waals surface area contributed by atoms with Crippen molar-refractivity contribution in [1.82, 2.24) is 0 Å². The van der Waals surface area contributed by atoms with E-state index < -0.39 is 0 Å². The van der Waals surface area contributed by atoms with Crippen LogP contribution in [0.25, 0.3) is 0 Å². The van der Waals surface area contributed by atoms with Gasteiger partial charge in [0, 0.05) is 11.7 Å². The van der Waals surface area contributed by atoms with E-state index >= 15 is 0 Å². The first-order valence-corrected chi connectivity index (χ1v) is 3.83. The summed E-state index contributed by atoms with van der Waals surface area (Å²) < 4.78 is 12.9. The summed E-state index contributed by atoms with van der Waals surface area (Å²) >= 11 is 0. The molecule has 3 heteroatoms. The second kappa shape index (κ2) is 3.11. The molecule has 0 saturated heterocycles. The van der Waals surface area contributed by atoms with Crippen molar-refractivity contribution in [3.05, 3.63) is 29.1 Å². The normalized spacial score (nSPS) is 13.0. The largest absolute Gasteiger partial charge is 0.398 e. The number of anilines is 1.